The Kier molecular flexibility index (Phi) is 5.63. The lowest BCUT2D eigenvalue weighted by Crippen LogP contribution is -1.97. The van der Waals surface area contributed by atoms with Crippen LogP contribution in [0.5, 0.6) is 34.5 Å². The SMILES string of the molecule is COc1cc(-c2cc(OC)c(OC)c(OC)c2)cc(OC)c1OC. The van der Waals surface area contributed by atoms with Gasteiger partial charge in [-0.1, -0.05) is 0 Å². The highest BCUT2D eigenvalue weighted by Crippen LogP contribution is 2.45. The van der Waals surface area contributed by atoms with Crippen molar-refractivity contribution in [1.82, 2.24) is 0 Å². The van der Waals surface area contributed by atoms with Crippen LogP contribution in [0.15, 0.2) is 24.3 Å². The molecule has 2 aromatic carbocycles. The van der Waals surface area contributed by atoms with Gasteiger partial charge in [-0.25, -0.2) is 0 Å². The molecule has 0 bridgehead atoms. The molecule has 2 aromatic rings. The lowest BCUT2D eigenvalue weighted by atomic mass is 10.0. The van der Waals surface area contributed by atoms with E-state index in [0.717, 1.165) is 11.1 Å². The zero-order valence-corrected chi connectivity index (χ0v) is 14.8. The van der Waals surface area contributed by atoms with E-state index < -0.39 is 0 Å². The number of ether oxygens (including phenoxy) is 6. The van der Waals surface area contributed by atoms with Gasteiger partial charge < -0.3 is 28.4 Å². The van der Waals surface area contributed by atoms with Crippen molar-refractivity contribution in [3.05, 3.63) is 24.3 Å². The van der Waals surface area contributed by atoms with Crippen LogP contribution >= 0.6 is 0 Å². The minimum Gasteiger partial charge on any atom is -0.493 e. The van der Waals surface area contributed by atoms with Crippen molar-refractivity contribution in [2.24, 2.45) is 0 Å². The van der Waals surface area contributed by atoms with Crippen molar-refractivity contribution in [1.29, 1.82) is 0 Å². The van der Waals surface area contributed by atoms with Gasteiger partial charge in [0.25, 0.3) is 0 Å². The Morgan fingerprint density at radius 2 is 0.667 bits per heavy atom. The van der Waals surface area contributed by atoms with Crippen molar-refractivity contribution < 1.29 is 28.4 Å². The molecule has 130 valence electrons. The Morgan fingerprint density at radius 3 is 0.833 bits per heavy atom. The summed E-state index contributed by atoms with van der Waals surface area (Å²) in [5.74, 6) is 3.36. The molecule has 24 heavy (non-hydrogen) atoms. The summed E-state index contributed by atoms with van der Waals surface area (Å²) >= 11 is 0. The zero-order chi connectivity index (χ0) is 17.7. The fourth-order valence-electron chi connectivity index (χ4n) is 2.50. The first kappa shape index (κ1) is 17.6. The maximum atomic E-state index is 5.41. The van der Waals surface area contributed by atoms with Gasteiger partial charge in [-0.05, 0) is 35.4 Å². The van der Waals surface area contributed by atoms with E-state index in [1.165, 1.54) is 0 Å². The molecule has 6 nitrogen and oxygen atoms in total. The first-order valence-corrected chi connectivity index (χ1v) is 7.23. The molecule has 0 aliphatic rings. The van der Waals surface area contributed by atoms with Crippen LogP contribution in [0.4, 0.5) is 0 Å². The van der Waals surface area contributed by atoms with Crippen molar-refractivity contribution in [3.8, 4) is 45.6 Å². The first-order chi connectivity index (χ1) is 11.6. The lowest BCUT2D eigenvalue weighted by Gasteiger charge is -2.17. The molecule has 0 saturated carbocycles. The molecule has 0 aliphatic carbocycles. The molecule has 0 spiro atoms. The number of hydrogen-bond donors (Lipinski definition) is 0. The average molecular weight is 334 g/mol. The number of rotatable bonds is 7. The molecular weight excluding hydrogens is 312 g/mol. The van der Waals surface area contributed by atoms with Crippen LogP contribution in [0.2, 0.25) is 0 Å². The summed E-state index contributed by atoms with van der Waals surface area (Å²) in [6.45, 7) is 0. The van der Waals surface area contributed by atoms with Gasteiger partial charge in [0.1, 0.15) is 0 Å². The smallest absolute Gasteiger partial charge is 0.203 e. The molecular formula is C18H22O6. The monoisotopic (exact) mass is 334 g/mol. The normalized spacial score (nSPS) is 10.1. The van der Waals surface area contributed by atoms with Gasteiger partial charge in [0.05, 0.1) is 42.7 Å². The van der Waals surface area contributed by atoms with Gasteiger partial charge in [-0.2, -0.15) is 0 Å². The zero-order valence-electron chi connectivity index (χ0n) is 14.8. The minimum atomic E-state index is 0.538. The summed E-state index contributed by atoms with van der Waals surface area (Å²) in [4.78, 5) is 0. The standard InChI is InChI=1S/C18H22O6/c1-19-13-7-11(8-14(20-2)17(13)23-5)12-9-15(21-3)18(24-6)16(10-12)22-4/h7-10H,1-6H3. The fourth-order valence-corrected chi connectivity index (χ4v) is 2.50. The Morgan fingerprint density at radius 1 is 0.417 bits per heavy atom. The molecule has 0 saturated heterocycles. The topological polar surface area (TPSA) is 55.4 Å². The predicted octanol–water partition coefficient (Wildman–Crippen LogP) is 3.41. The number of methoxy groups -OCH3 is 6. The van der Waals surface area contributed by atoms with Gasteiger partial charge in [-0.15, -0.1) is 0 Å². The third-order valence-electron chi connectivity index (χ3n) is 3.66. The fraction of sp³-hybridized carbons (Fsp3) is 0.333. The van der Waals surface area contributed by atoms with E-state index in [1.807, 2.05) is 24.3 Å². The Balaban J connectivity index is 2.67. The van der Waals surface area contributed by atoms with Crippen LogP contribution in [0.25, 0.3) is 11.1 Å². The second-order valence-corrected chi connectivity index (χ2v) is 4.83. The Hall–Kier alpha value is -2.76. The van der Waals surface area contributed by atoms with Crippen LogP contribution in [0.1, 0.15) is 0 Å². The summed E-state index contributed by atoms with van der Waals surface area (Å²) in [5, 5.41) is 0. The third-order valence-corrected chi connectivity index (χ3v) is 3.66. The van der Waals surface area contributed by atoms with Crippen molar-refractivity contribution in [2.45, 2.75) is 0 Å². The second kappa shape index (κ2) is 7.68. The van der Waals surface area contributed by atoms with Gasteiger partial charge in [0, 0.05) is 0 Å². The molecule has 2 rings (SSSR count). The van der Waals surface area contributed by atoms with Crippen LogP contribution < -0.4 is 28.4 Å². The molecule has 0 aliphatic heterocycles. The predicted molar refractivity (Wildman–Crippen MR) is 91.2 cm³/mol. The van der Waals surface area contributed by atoms with E-state index in [0.29, 0.717) is 34.5 Å². The van der Waals surface area contributed by atoms with Crippen molar-refractivity contribution in [2.75, 3.05) is 42.7 Å². The van der Waals surface area contributed by atoms with Crippen LogP contribution in [0, 0.1) is 0 Å². The molecule has 0 atom stereocenters. The Labute approximate surface area is 141 Å². The van der Waals surface area contributed by atoms with Gasteiger partial charge >= 0.3 is 0 Å². The van der Waals surface area contributed by atoms with E-state index in [4.69, 9.17) is 28.4 Å². The molecule has 0 radical (unpaired) electrons. The molecule has 0 amide bonds. The Bertz CT molecular complexity index is 599. The van der Waals surface area contributed by atoms with Crippen molar-refractivity contribution >= 4 is 0 Å². The molecule has 0 aromatic heterocycles. The summed E-state index contributed by atoms with van der Waals surface area (Å²) in [7, 11) is 9.46. The summed E-state index contributed by atoms with van der Waals surface area (Å²) in [6, 6.07) is 7.45. The molecule has 6 heteroatoms. The second-order valence-electron chi connectivity index (χ2n) is 4.83. The molecule has 0 unspecified atom stereocenters. The maximum Gasteiger partial charge on any atom is 0.203 e. The van der Waals surface area contributed by atoms with Gasteiger partial charge in [0.2, 0.25) is 11.5 Å². The van der Waals surface area contributed by atoms with Crippen LogP contribution in [-0.2, 0) is 0 Å². The van der Waals surface area contributed by atoms with E-state index in [1.54, 1.807) is 42.7 Å². The number of benzene rings is 2. The van der Waals surface area contributed by atoms with Crippen LogP contribution in [-0.4, -0.2) is 42.7 Å². The molecule has 0 heterocycles. The molecule has 0 fully saturated rings. The van der Waals surface area contributed by atoms with Crippen molar-refractivity contribution in [3.63, 3.8) is 0 Å². The summed E-state index contributed by atoms with van der Waals surface area (Å²) in [5.41, 5.74) is 1.73. The number of hydrogen-bond acceptors (Lipinski definition) is 6. The van der Waals surface area contributed by atoms with Gasteiger partial charge in [0.15, 0.2) is 23.0 Å². The van der Waals surface area contributed by atoms with Gasteiger partial charge in [-0.3, -0.25) is 0 Å². The lowest BCUT2D eigenvalue weighted by molar-refractivity contribution is 0.324. The largest absolute Gasteiger partial charge is 0.493 e. The van der Waals surface area contributed by atoms with E-state index in [-0.39, 0.29) is 0 Å². The van der Waals surface area contributed by atoms with E-state index >= 15 is 0 Å². The van der Waals surface area contributed by atoms with E-state index in [2.05, 4.69) is 0 Å². The highest BCUT2D eigenvalue weighted by atomic mass is 16.5. The van der Waals surface area contributed by atoms with Crippen LogP contribution in [0.3, 0.4) is 0 Å². The minimum absolute atomic E-state index is 0.538. The summed E-state index contributed by atoms with van der Waals surface area (Å²) in [6.07, 6.45) is 0. The quantitative estimate of drug-likeness (QED) is 0.773. The molecule has 0 N–H and O–H groups in total. The highest BCUT2D eigenvalue weighted by molar-refractivity contribution is 5.75. The average Bonchev–Trinajstić information content (AvgIpc) is 2.65. The third kappa shape index (κ3) is 3.13. The first-order valence-electron chi connectivity index (χ1n) is 7.23. The maximum absolute atomic E-state index is 5.41. The highest BCUT2D eigenvalue weighted by Gasteiger charge is 2.18. The van der Waals surface area contributed by atoms with E-state index in [9.17, 15) is 0 Å². The summed E-state index contributed by atoms with van der Waals surface area (Å²) < 4.78 is 32.3.